The Labute approximate surface area is 137 Å². The summed E-state index contributed by atoms with van der Waals surface area (Å²) >= 11 is 0. The van der Waals surface area contributed by atoms with Gasteiger partial charge in [-0.3, -0.25) is 14.4 Å². The van der Waals surface area contributed by atoms with Crippen LogP contribution in [0.1, 0.15) is 59.8 Å². The van der Waals surface area contributed by atoms with Gasteiger partial charge >= 0.3 is 17.9 Å². The van der Waals surface area contributed by atoms with Gasteiger partial charge in [0, 0.05) is 0 Å². The maximum absolute atomic E-state index is 12.2. The lowest BCUT2D eigenvalue weighted by Gasteiger charge is -2.28. The Kier molecular flexibility index (Phi) is 7.03. The van der Waals surface area contributed by atoms with E-state index in [-0.39, 0.29) is 12.6 Å². The molecule has 0 aromatic heterocycles. The maximum atomic E-state index is 12.2. The Morgan fingerprint density at radius 1 is 1.17 bits per heavy atom. The van der Waals surface area contributed by atoms with Crippen molar-refractivity contribution >= 4 is 17.9 Å². The Bertz CT molecular complexity index is 442. The zero-order valence-corrected chi connectivity index (χ0v) is 14.5. The number of hydrogen-bond acceptors (Lipinski definition) is 5. The van der Waals surface area contributed by atoms with Gasteiger partial charge in [0.15, 0.2) is 0 Å². The number of esters is 2. The van der Waals surface area contributed by atoms with E-state index in [4.69, 9.17) is 9.47 Å². The number of aliphatic carboxylic acids is 1. The summed E-state index contributed by atoms with van der Waals surface area (Å²) in [5.41, 5.74) is -0.568. The molecule has 0 saturated heterocycles. The van der Waals surface area contributed by atoms with Crippen LogP contribution >= 0.6 is 0 Å². The van der Waals surface area contributed by atoms with Crippen LogP contribution in [0, 0.1) is 17.3 Å². The van der Waals surface area contributed by atoms with Crippen molar-refractivity contribution in [1.82, 2.24) is 0 Å². The van der Waals surface area contributed by atoms with E-state index in [1.165, 1.54) is 0 Å². The average molecular weight is 328 g/mol. The molecule has 1 rings (SSSR count). The smallest absolute Gasteiger partial charge is 0.311 e. The van der Waals surface area contributed by atoms with Gasteiger partial charge in [-0.1, -0.05) is 19.8 Å². The van der Waals surface area contributed by atoms with Crippen LogP contribution in [0.25, 0.3) is 0 Å². The highest BCUT2D eigenvalue weighted by Crippen LogP contribution is 2.31. The Morgan fingerprint density at radius 3 is 2.26 bits per heavy atom. The van der Waals surface area contributed by atoms with Crippen LogP contribution in [-0.2, 0) is 23.9 Å². The van der Waals surface area contributed by atoms with Gasteiger partial charge in [0.05, 0.1) is 17.3 Å². The Morgan fingerprint density at radius 2 is 1.74 bits per heavy atom. The molecule has 1 aliphatic carbocycles. The van der Waals surface area contributed by atoms with Gasteiger partial charge in [0.2, 0.25) is 0 Å². The third-order valence-corrected chi connectivity index (χ3v) is 4.59. The van der Waals surface area contributed by atoms with Gasteiger partial charge in [0.1, 0.15) is 12.7 Å². The lowest BCUT2D eigenvalue weighted by atomic mass is 9.79. The largest absolute Gasteiger partial charge is 0.481 e. The predicted molar refractivity (Wildman–Crippen MR) is 83.7 cm³/mol. The highest BCUT2D eigenvalue weighted by Gasteiger charge is 2.37. The van der Waals surface area contributed by atoms with Crippen molar-refractivity contribution in [3.63, 3.8) is 0 Å². The van der Waals surface area contributed by atoms with E-state index in [9.17, 15) is 19.5 Å². The standard InChI is InChI=1S/C17H28O6/c1-5-17(3,4)16(21)22-10-11(2)23-15(20)13-9-7-6-8-12(13)14(18)19/h11-13H,5-10H2,1-4H3,(H,18,19). The molecule has 0 aromatic carbocycles. The maximum Gasteiger partial charge on any atom is 0.311 e. The zero-order chi connectivity index (χ0) is 17.6. The van der Waals surface area contributed by atoms with Crippen molar-refractivity contribution in [3.05, 3.63) is 0 Å². The fraction of sp³-hybridized carbons (Fsp3) is 0.824. The number of carboxylic acids is 1. The van der Waals surface area contributed by atoms with E-state index in [1.54, 1.807) is 20.8 Å². The molecule has 0 aliphatic heterocycles. The van der Waals surface area contributed by atoms with Crippen LogP contribution in [0.4, 0.5) is 0 Å². The second kappa shape index (κ2) is 8.31. The first kappa shape index (κ1) is 19.5. The summed E-state index contributed by atoms with van der Waals surface area (Å²) in [6.07, 6.45) is 2.75. The Hall–Kier alpha value is -1.59. The molecule has 0 radical (unpaired) electrons. The van der Waals surface area contributed by atoms with E-state index in [0.717, 1.165) is 12.8 Å². The zero-order valence-electron chi connectivity index (χ0n) is 14.5. The molecule has 0 spiro atoms. The monoisotopic (exact) mass is 328 g/mol. The van der Waals surface area contributed by atoms with E-state index in [1.807, 2.05) is 6.92 Å². The second-order valence-corrected chi connectivity index (χ2v) is 6.92. The Balaban J connectivity index is 2.50. The van der Waals surface area contributed by atoms with E-state index in [0.29, 0.717) is 19.3 Å². The number of carbonyl (C=O) groups excluding carboxylic acids is 2. The number of hydrogen-bond donors (Lipinski definition) is 1. The molecule has 1 N–H and O–H groups in total. The lowest BCUT2D eigenvalue weighted by molar-refractivity contribution is -0.170. The normalized spacial score (nSPS) is 23.0. The first-order chi connectivity index (χ1) is 10.7. The third kappa shape index (κ3) is 5.52. The lowest BCUT2D eigenvalue weighted by Crippen LogP contribution is -2.36. The molecule has 0 amide bonds. The van der Waals surface area contributed by atoms with Crippen molar-refractivity contribution in [2.45, 2.75) is 65.9 Å². The van der Waals surface area contributed by atoms with E-state index < -0.39 is 35.3 Å². The van der Waals surface area contributed by atoms with Gasteiger partial charge in [-0.2, -0.15) is 0 Å². The minimum absolute atomic E-state index is 0.0154. The molecule has 0 heterocycles. The van der Waals surface area contributed by atoms with Crippen LogP contribution < -0.4 is 0 Å². The van der Waals surface area contributed by atoms with Crippen molar-refractivity contribution in [1.29, 1.82) is 0 Å². The minimum atomic E-state index is -0.949. The summed E-state index contributed by atoms with van der Waals surface area (Å²) in [7, 11) is 0. The van der Waals surface area contributed by atoms with Gasteiger partial charge in [-0.25, -0.2) is 0 Å². The summed E-state index contributed by atoms with van der Waals surface area (Å²) in [6.45, 7) is 7.12. The highest BCUT2D eigenvalue weighted by molar-refractivity contribution is 5.81. The molecule has 6 heteroatoms. The van der Waals surface area contributed by atoms with Crippen molar-refractivity contribution in [2.75, 3.05) is 6.61 Å². The van der Waals surface area contributed by atoms with E-state index >= 15 is 0 Å². The van der Waals surface area contributed by atoms with Gasteiger partial charge in [0.25, 0.3) is 0 Å². The summed E-state index contributed by atoms with van der Waals surface area (Å²) in [4.78, 5) is 35.3. The summed E-state index contributed by atoms with van der Waals surface area (Å²) in [5.74, 6) is -3.06. The molecule has 0 aromatic rings. The fourth-order valence-electron chi connectivity index (χ4n) is 2.56. The molecule has 6 nitrogen and oxygen atoms in total. The van der Waals surface area contributed by atoms with Crippen molar-refractivity contribution in [2.24, 2.45) is 17.3 Å². The molecular formula is C17H28O6. The van der Waals surface area contributed by atoms with Crippen LogP contribution in [0.5, 0.6) is 0 Å². The van der Waals surface area contributed by atoms with Gasteiger partial charge in [-0.05, 0) is 40.0 Å². The SMILES string of the molecule is CCC(C)(C)C(=O)OCC(C)OC(=O)C1CCCCC1C(=O)O. The van der Waals surface area contributed by atoms with Crippen LogP contribution in [0.15, 0.2) is 0 Å². The fourth-order valence-corrected chi connectivity index (χ4v) is 2.56. The molecule has 132 valence electrons. The quantitative estimate of drug-likeness (QED) is 0.723. The number of carbonyl (C=O) groups is 3. The van der Waals surface area contributed by atoms with Gasteiger partial charge < -0.3 is 14.6 Å². The van der Waals surface area contributed by atoms with Gasteiger partial charge in [-0.15, -0.1) is 0 Å². The minimum Gasteiger partial charge on any atom is -0.481 e. The van der Waals surface area contributed by atoms with Crippen LogP contribution in [0.2, 0.25) is 0 Å². The topological polar surface area (TPSA) is 89.9 Å². The molecule has 3 atom stereocenters. The summed E-state index contributed by atoms with van der Waals surface area (Å²) in [6, 6.07) is 0. The average Bonchev–Trinajstić information content (AvgIpc) is 2.52. The van der Waals surface area contributed by atoms with Crippen LogP contribution in [0.3, 0.4) is 0 Å². The molecule has 0 bridgehead atoms. The molecule has 1 saturated carbocycles. The summed E-state index contributed by atoms with van der Waals surface area (Å²) < 4.78 is 10.5. The second-order valence-electron chi connectivity index (χ2n) is 6.92. The molecule has 1 fully saturated rings. The summed E-state index contributed by atoms with van der Waals surface area (Å²) in [5, 5.41) is 9.21. The molecule has 3 unspecified atom stereocenters. The molecule has 1 aliphatic rings. The first-order valence-corrected chi connectivity index (χ1v) is 8.29. The predicted octanol–water partition coefficient (Wildman–Crippen LogP) is 2.79. The molecule has 23 heavy (non-hydrogen) atoms. The number of rotatable bonds is 7. The first-order valence-electron chi connectivity index (χ1n) is 8.29. The van der Waals surface area contributed by atoms with Crippen LogP contribution in [-0.4, -0.2) is 35.7 Å². The van der Waals surface area contributed by atoms with E-state index in [2.05, 4.69) is 0 Å². The number of ether oxygens (including phenoxy) is 2. The molecular weight excluding hydrogens is 300 g/mol. The van der Waals surface area contributed by atoms with Crippen molar-refractivity contribution < 1.29 is 29.0 Å². The highest BCUT2D eigenvalue weighted by atomic mass is 16.6. The van der Waals surface area contributed by atoms with Crippen molar-refractivity contribution in [3.8, 4) is 0 Å². The third-order valence-electron chi connectivity index (χ3n) is 4.59. The number of carboxylic acid groups (broad SMARTS) is 1.